The lowest BCUT2D eigenvalue weighted by Crippen LogP contribution is -2.42. The smallest absolute Gasteiger partial charge is 0.190 e. The summed E-state index contributed by atoms with van der Waals surface area (Å²) in [4.78, 5) is 13.4. The molecule has 25 heavy (non-hydrogen) atoms. The van der Waals surface area contributed by atoms with E-state index in [4.69, 9.17) is 14.2 Å². The fourth-order valence-electron chi connectivity index (χ4n) is 2.94. The van der Waals surface area contributed by atoms with E-state index in [1.807, 2.05) is 24.3 Å². The largest absolute Gasteiger partial charge is 0.497 e. The second kappa shape index (κ2) is 7.40. The first kappa shape index (κ1) is 17.7. The van der Waals surface area contributed by atoms with Gasteiger partial charge in [-0.15, -0.1) is 11.8 Å². The molecule has 0 bridgehead atoms. The van der Waals surface area contributed by atoms with Gasteiger partial charge in [-0.3, -0.25) is 4.79 Å². The van der Waals surface area contributed by atoms with Crippen LogP contribution >= 0.6 is 11.8 Å². The molecule has 0 saturated heterocycles. The van der Waals surface area contributed by atoms with E-state index in [9.17, 15) is 4.79 Å². The predicted molar refractivity (Wildman–Crippen MR) is 100 cm³/mol. The van der Waals surface area contributed by atoms with Crippen LogP contribution in [0.2, 0.25) is 0 Å². The molecule has 0 amide bonds. The molecular weight excluding hydrogens is 336 g/mol. The van der Waals surface area contributed by atoms with Crippen LogP contribution in [0, 0.1) is 0 Å². The van der Waals surface area contributed by atoms with Gasteiger partial charge in [0.2, 0.25) is 0 Å². The lowest BCUT2D eigenvalue weighted by molar-refractivity contribution is 0.0867. The minimum absolute atomic E-state index is 0.0834. The normalized spacial score (nSPS) is 19.1. The highest BCUT2D eigenvalue weighted by atomic mass is 32.2. The van der Waals surface area contributed by atoms with Crippen LogP contribution in [0.5, 0.6) is 17.2 Å². The summed E-state index contributed by atoms with van der Waals surface area (Å²) in [5.41, 5.74) is 1.55. The number of hydrogen-bond donors (Lipinski definition) is 0. The lowest BCUT2D eigenvalue weighted by Gasteiger charge is -2.36. The van der Waals surface area contributed by atoms with Crippen molar-refractivity contribution in [3.05, 3.63) is 53.6 Å². The van der Waals surface area contributed by atoms with Gasteiger partial charge >= 0.3 is 0 Å². The van der Waals surface area contributed by atoms with Gasteiger partial charge in [0.15, 0.2) is 5.78 Å². The number of ether oxygens (including phenoxy) is 3. The van der Waals surface area contributed by atoms with Crippen molar-refractivity contribution >= 4 is 17.5 Å². The Morgan fingerprint density at radius 1 is 1.08 bits per heavy atom. The molecule has 4 nitrogen and oxygen atoms in total. The summed E-state index contributed by atoms with van der Waals surface area (Å²) in [5, 5.41) is 0. The summed E-state index contributed by atoms with van der Waals surface area (Å²) in [5.74, 6) is 3.01. The van der Waals surface area contributed by atoms with Crippen molar-refractivity contribution in [3.8, 4) is 17.2 Å². The fraction of sp³-hybridized carbons (Fsp3) is 0.350. The number of Topliss-reactive ketones (excluding diaryl/α,β-unsaturated/α-hetero) is 1. The molecule has 0 aliphatic carbocycles. The van der Waals surface area contributed by atoms with Gasteiger partial charge in [0.05, 0.1) is 19.8 Å². The molecule has 3 rings (SSSR count). The van der Waals surface area contributed by atoms with E-state index >= 15 is 0 Å². The van der Waals surface area contributed by atoms with E-state index in [2.05, 4.69) is 6.92 Å². The van der Waals surface area contributed by atoms with Crippen molar-refractivity contribution in [3.63, 3.8) is 0 Å². The van der Waals surface area contributed by atoms with Gasteiger partial charge in [0.1, 0.15) is 28.6 Å². The van der Waals surface area contributed by atoms with Crippen LogP contribution in [0.1, 0.15) is 29.3 Å². The summed E-state index contributed by atoms with van der Waals surface area (Å²) < 4.78 is 15.7. The molecule has 0 saturated carbocycles. The van der Waals surface area contributed by atoms with E-state index in [0.717, 1.165) is 23.5 Å². The first-order valence-electron chi connectivity index (χ1n) is 8.28. The Labute approximate surface area is 152 Å². The predicted octanol–water partition coefficient (Wildman–Crippen LogP) is 4.32. The molecule has 2 aromatic carbocycles. The van der Waals surface area contributed by atoms with Crippen molar-refractivity contribution in [2.75, 3.05) is 26.6 Å². The molecule has 1 aliphatic heterocycles. The van der Waals surface area contributed by atoms with E-state index in [-0.39, 0.29) is 5.78 Å². The zero-order chi connectivity index (χ0) is 17.9. The Kier molecular flexibility index (Phi) is 5.23. The van der Waals surface area contributed by atoms with Crippen LogP contribution in [0.15, 0.2) is 42.5 Å². The lowest BCUT2D eigenvalue weighted by atomic mass is 9.88. The Morgan fingerprint density at radius 3 is 2.40 bits per heavy atom. The minimum Gasteiger partial charge on any atom is -0.497 e. The van der Waals surface area contributed by atoms with E-state index in [1.165, 1.54) is 0 Å². The highest BCUT2D eigenvalue weighted by Crippen LogP contribution is 2.46. The summed E-state index contributed by atoms with van der Waals surface area (Å²) in [6.07, 6.45) is 0.991. The first-order chi connectivity index (χ1) is 12.1. The minimum atomic E-state index is -0.732. The topological polar surface area (TPSA) is 44.8 Å². The highest BCUT2D eigenvalue weighted by Gasteiger charge is 2.46. The number of carbonyl (C=O) groups is 1. The van der Waals surface area contributed by atoms with Crippen LogP contribution in [0.4, 0.5) is 0 Å². The molecular formula is C20H22O4S. The van der Waals surface area contributed by atoms with E-state index in [0.29, 0.717) is 23.7 Å². The first-order valence-corrected chi connectivity index (χ1v) is 9.27. The van der Waals surface area contributed by atoms with Crippen molar-refractivity contribution in [2.45, 2.75) is 18.1 Å². The maximum absolute atomic E-state index is 13.4. The van der Waals surface area contributed by atoms with Gasteiger partial charge in [-0.2, -0.15) is 0 Å². The molecule has 0 radical (unpaired) electrons. The molecule has 1 heterocycles. The zero-order valence-corrected chi connectivity index (χ0v) is 15.5. The summed E-state index contributed by atoms with van der Waals surface area (Å²) in [7, 11) is 3.24. The molecule has 2 aromatic rings. The summed E-state index contributed by atoms with van der Waals surface area (Å²) in [6.45, 7) is 2.42. The van der Waals surface area contributed by atoms with Crippen LogP contribution in [-0.2, 0) is 4.75 Å². The molecule has 5 heteroatoms. The Morgan fingerprint density at radius 2 is 1.76 bits per heavy atom. The summed E-state index contributed by atoms with van der Waals surface area (Å²) in [6, 6.07) is 13.1. The second-order valence-corrected chi connectivity index (χ2v) is 7.28. The molecule has 1 atom stereocenters. The van der Waals surface area contributed by atoms with Gasteiger partial charge in [0, 0.05) is 6.07 Å². The third kappa shape index (κ3) is 3.21. The molecule has 0 N–H and O–H groups in total. The Balaban J connectivity index is 2.04. The van der Waals surface area contributed by atoms with Crippen molar-refractivity contribution in [1.29, 1.82) is 0 Å². The third-order valence-electron chi connectivity index (χ3n) is 4.34. The van der Waals surface area contributed by atoms with Crippen LogP contribution in [-0.4, -0.2) is 32.4 Å². The zero-order valence-electron chi connectivity index (χ0n) is 14.7. The van der Waals surface area contributed by atoms with E-state index in [1.54, 1.807) is 44.2 Å². The number of ketones is 1. The monoisotopic (exact) mass is 358 g/mol. The molecule has 1 aliphatic rings. The second-order valence-electron chi connectivity index (χ2n) is 5.88. The maximum atomic E-state index is 13.4. The molecule has 0 aromatic heterocycles. The highest BCUT2D eigenvalue weighted by molar-refractivity contribution is 8.01. The van der Waals surface area contributed by atoms with Crippen LogP contribution in [0.3, 0.4) is 0 Å². The quantitative estimate of drug-likeness (QED) is 0.769. The van der Waals surface area contributed by atoms with Crippen molar-refractivity contribution in [1.82, 2.24) is 0 Å². The van der Waals surface area contributed by atoms with Gasteiger partial charge in [0.25, 0.3) is 0 Å². The number of benzene rings is 2. The molecule has 0 fully saturated rings. The van der Waals surface area contributed by atoms with Crippen LogP contribution in [0.25, 0.3) is 0 Å². The van der Waals surface area contributed by atoms with Gasteiger partial charge in [-0.25, -0.2) is 0 Å². The maximum Gasteiger partial charge on any atom is 0.190 e. The van der Waals surface area contributed by atoms with Crippen LogP contribution < -0.4 is 14.2 Å². The number of fused-ring (bicyclic) bond motifs is 1. The SMILES string of the molecule is CCCSC1(c2ccc(OC)cc2)COc2cc(OC)ccc2C1=O. The third-order valence-corrected chi connectivity index (χ3v) is 5.98. The number of hydrogen-bond acceptors (Lipinski definition) is 5. The Hall–Kier alpha value is -2.14. The van der Waals surface area contributed by atoms with Crippen molar-refractivity contribution in [2.24, 2.45) is 0 Å². The standard InChI is InChI=1S/C20H22O4S/c1-4-11-25-20(14-5-7-15(22-2)8-6-14)13-24-18-12-16(23-3)9-10-17(18)19(20)21/h5-10,12H,4,11,13H2,1-3H3. The molecule has 1 unspecified atom stereocenters. The van der Waals surface area contributed by atoms with Crippen molar-refractivity contribution < 1.29 is 19.0 Å². The molecule has 132 valence electrons. The van der Waals surface area contributed by atoms with E-state index < -0.39 is 4.75 Å². The number of thioether (sulfide) groups is 1. The Bertz CT molecular complexity index is 757. The van der Waals surface area contributed by atoms with Gasteiger partial charge < -0.3 is 14.2 Å². The van der Waals surface area contributed by atoms with Gasteiger partial charge in [-0.05, 0) is 42.0 Å². The summed E-state index contributed by atoms with van der Waals surface area (Å²) >= 11 is 1.65. The fourth-order valence-corrected chi connectivity index (χ4v) is 4.18. The number of rotatable bonds is 6. The average molecular weight is 358 g/mol. The number of carbonyl (C=O) groups excluding carboxylic acids is 1. The van der Waals surface area contributed by atoms with Gasteiger partial charge in [-0.1, -0.05) is 19.1 Å². The average Bonchev–Trinajstić information content (AvgIpc) is 2.67. The molecule has 0 spiro atoms. The number of methoxy groups -OCH3 is 2.